The van der Waals surface area contributed by atoms with Crippen molar-refractivity contribution in [2.24, 2.45) is 0 Å². The van der Waals surface area contributed by atoms with Gasteiger partial charge in [-0.3, -0.25) is 14.8 Å². The zero-order valence-electron chi connectivity index (χ0n) is 10.5. The highest BCUT2D eigenvalue weighted by molar-refractivity contribution is 9.11. The maximum Gasteiger partial charge on any atom is 0.271 e. The molecule has 0 radical (unpaired) electrons. The SMILES string of the molecule is Cc1cc(S(=O)(=O)Nc2ccc([N+](=O)[O-])cc2Cl)sc1Br. The molecule has 112 valence electrons. The number of aryl methyl sites for hydroxylation is 1. The van der Waals surface area contributed by atoms with Gasteiger partial charge in [-0.1, -0.05) is 11.6 Å². The Hall–Kier alpha value is -1.16. The van der Waals surface area contributed by atoms with Crippen LogP contribution in [0.2, 0.25) is 5.02 Å². The molecule has 0 atom stereocenters. The van der Waals surface area contributed by atoms with Gasteiger partial charge in [0.1, 0.15) is 4.21 Å². The van der Waals surface area contributed by atoms with Crippen molar-refractivity contribution in [2.75, 3.05) is 4.72 Å². The molecule has 0 amide bonds. The summed E-state index contributed by atoms with van der Waals surface area (Å²) in [6.07, 6.45) is 0. The molecule has 0 aliphatic heterocycles. The second kappa shape index (κ2) is 5.91. The van der Waals surface area contributed by atoms with Crippen molar-refractivity contribution in [1.82, 2.24) is 0 Å². The van der Waals surface area contributed by atoms with E-state index in [1.165, 1.54) is 18.2 Å². The highest BCUT2D eigenvalue weighted by Gasteiger charge is 2.20. The third kappa shape index (κ3) is 3.54. The predicted molar refractivity (Wildman–Crippen MR) is 85.7 cm³/mol. The lowest BCUT2D eigenvalue weighted by Crippen LogP contribution is -2.11. The van der Waals surface area contributed by atoms with Gasteiger partial charge in [-0.25, -0.2) is 8.42 Å². The lowest BCUT2D eigenvalue weighted by atomic mass is 10.3. The molecule has 0 bridgehead atoms. The van der Waals surface area contributed by atoms with Gasteiger partial charge < -0.3 is 0 Å². The molecule has 0 saturated carbocycles. The fourth-order valence-electron chi connectivity index (χ4n) is 1.46. The summed E-state index contributed by atoms with van der Waals surface area (Å²) in [5.74, 6) is 0. The maximum atomic E-state index is 12.2. The Kier molecular flexibility index (Phi) is 4.57. The number of anilines is 1. The fraction of sp³-hybridized carbons (Fsp3) is 0.0909. The Balaban J connectivity index is 2.35. The number of nitro benzene ring substituents is 1. The summed E-state index contributed by atoms with van der Waals surface area (Å²) < 4.78 is 27.6. The Morgan fingerprint density at radius 1 is 1.38 bits per heavy atom. The molecule has 2 rings (SSSR count). The molecule has 0 saturated heterocycles. The molecule has 0 spiro atoms. The molecule has 1 aromatic heterocycles. The van der Waals surface area contributed by atoms with E-state index in [4.69, 9.17) is 11.6 Å². The third-order valence-corrected chi connectivity index (χ3v) is 6.80. The van der Waals surface area contributed by atoms with Gasteiger partial charge in [-0.15, -0.1) is 11.3 Å². The zero-order chi connectivity index (χ0) is 15.8. The van der Waals surface area contributed by atoms with E-state index < -0.39 is 14.9 Å². The summed E-state index contributed by atoms with van der Waals surface area (Å²) in [4.78, 5) is 10.0. The molecule has 1 heterocycles. The summed E-state index contributed by atoms with van der Waals surface area (Å²) in [5, 5.41) is 10.6. The van der Waals surface area contributed by atoms with Crippen molar-refractivity contribution in [3.05, 3.63) is 48.8 Å². The summed E-state index contributed by atoms with van der Waals surface area (Å²) in [7, 11) is -3.79. The van der Waals surface area contributed by atoms with E-state index in [9.17, 15) is 18.5 Å². The molecule has 0 fully saturated rings. The van der Waals surface area contributed by atoms with Gasteiger partial charge in [0.2, 0.25) is 0 Å². The van der Waals surface area contributed by atoms with Crippen LogP contribution in [-0.2, 0) is 10.0 Å². The van der Waals surface area contributed by atoms with E-state index >= 15 is 0 Å². The van der Waals surface area contributed by atoms with Crippen LogP contribution < -0.4 is 4.72 Å². The molecular formula is C11H8BrClN2O4S2. The number of non-ortho nitro benzene ring substituents is 1. The minimum absolute atomic E-state index is 0.0416. The van der Waals surface area contributed by atoms with Gasteiger partial charge in [0.05, 0.1) is 19.4 Å². The average Bonchev–Trinajstić information content (AvgIpc) is 2.72. The molecule has 10 heteroatoms. The summed E-state index contributed by atoms with van der Waals surface area (Å²) in [6.45, 7) is 1.78. The second-order valence-corrected chi connectivity index (χ2v) is 8.74. The molecule has 0 aliphatic carbocycles. The first-order chi connectivity index (χ1) is 9.70. The van der Waals surface area contributed by atoms with Crippen LogP contribution in [0.5, 0.6) is 0 Å². The Morgan fingerprint density at radius 2 is 2.05 bits per heavy atom. The van der Waals surface area contributed by atoms with Crippen LogP contribution >= 0.6 is 38.9 Å². The predicted octanol–water partition coefficient (Wildman–Crippen LogP) is 4.18. The third-order valence-electron chi connectivity index (χ3n) is 2.51. The topological polar surface area (TPSA) is 89.3 Å². The minimum Gasteiger partial charge on any atom is -0.277 e. The molecule has 21 heavy (non-hydrogen) atoms. The number of halogens is 2. The van der Waals surface area contributed by atoms with Crippen LogP contribution in [0.15, 0.2) is 32.3 Å². The van der Waals surface area contributed by atoms with Crippen LogP contribution in [0.3, 0.4) is 0 Å². The van der Waals surface area contributed by atoms with Crippen LogP contribution in [0.25, 0.3) is 0 Å². The highest BCUT2D eigenvalue weighted by Crippen LogP contribution is 2.33. The Morgan fingerprint density at radius 3 is 2.52 bits per heavy atom. The van der Waals surface area contributed by atoms with Gasteiger partial charge in [0, 0.05) is 12.1 Å². The first-order valence-electron chi connectivity index (χ1n) is 5.43. The largest absolute Gasteiger partial charge is 0.277 e. The zero-order valence-corrected chi connectivity index (χ0v) is 14.4. The number of nitrogens with zero attached hydrogens (tertiary/aromatic N) is 1. The van der Waals surface area contributed by atoms with Crippen molar-refractivity contribution in [2.45, 2.75) is 11.1 Å². The van der Waals surface area contributed by atoms with Gasteiger partial charge in [-0.2, -0.15) is 0 Å². The summed E-state index contributed by atoms with van der Waals surface area (Å²) in [6, 6.07) is 5.05. The highest BCUT2D eigenvalue weighted by atomic mass is 79.9. The number of rotatable bonds is 4. The summed E-state index contributed by atoms with van der Waals surface area (Å²) >= 11 is 10.2. The first-order valence-corrected chi connectivity index (χ1v) is 8.90. The number of nitrogens with one attached hydrogen (secondary N) is 1. The first kappa shape index (κ1) is 16.2. The number of thiophene rings is 1. The van der Waals surface area contributed by atoms with E-state index in [1.54, 1.807) is 6.92 Å². The quantitative estimate of drug-likeness (QED) is 0.603. The molecule has 1 aromatic carbocycles. The van der Waals surface area contributed by atoms with Gasteiger partial charge in [-0.05, 0) is 40.5 Å². The maximum absolute atomic E-state index is 12.2. The number of sulfonamides is 1. The molecule has 0 unspecified atom stereocenters. The van der Waals surface area contributed by atoms with Gasteiger partial charge in [0.25, 0.3) is 15.7 Å². The van der Waals surface area contributed by atoms with E-state index in [2.05, 4.69) is 20.7 Å². The molecular weight excluding hydrogens is 404 g/mol. The van der Waals surface area contributed by atoms with Crippen LogP contribution in [0.1, 0.15) is 5.56 Å². The van der Waals surface area contributed by atoms with Crippen LogP contribution in [0, 0.1) is 17.0 Å². The van der Waals surface area contributed by atoms with Crippen molar-refractivity contribution < 1.29 is 13.3 Å². The van der Waals surface area contributed by atoms with Crippen molar-refractivity contribution >= 4 is 60.3 Å². The minimum atomic E-state index is -3.79. The lowest BCUT2D eigenvalue weighted by molar-refractivity contribution is -0.384. The monoisotopic (exact) mass is 410 g/mol. The average molecular weight is 412 g/mol. The normalized spacial score (nSPS) is 11.4. The summed E-state index contributed by atoms with van der Waals surface area (Å²) in [5.41, 5.74) is 0.678. The smallest absolute Gasteiger partial charge is 0.271 e. The number of hydrogen-bond donors (Lipinski definition) is 1. The van der Waals surface area contributed by atoms with Crippen molar-refractivity contribution in [3.8, 4) is 0 Å². The van der Waals surface area contributed by atoms with Gasteiger partial charge >= 0.3 is 0 Å². The van der Waals surface area contributed by atoms with Crippen molar-refractivity contribution in [3.63, 3.8) is 0 Å². The molecule has 1 N–H and O–H groups in total. The van der Waals surface area contributed by atoms with Gasteiger partial charge in [0.15, 0.2) is 0 Å². The van der Waals surface area contributed by atoms with Crippen molar-refractivity contribution in [1.29, 1.82) is 0 Å². The molecule has 0 aliphatic rings. The number of benzene rings is 1. The van der Waals surface area contributed by atoms with E-state index in [0.29, 0.717) is 0 Å². The standard InChI is InChI=1S/C11H8BrClN2O4S2/c1-6-4-10(20-11(6)12)21(18,19)14-9-3-2-7(15(16)17)5-8(9)13/h2-5,14H,1H3. The van der Waals surface area contributed by atoms with E-state index in [-0.39, 0.29) is 20.6 Å². The number of hydrogen-bond acceptors (Lipinski definition) is 5. The number of nitro groups is 1. The van der Waals surface area contributed by atoms with Crippen LogP contribution in [0.4, 0.5) is 11.4 Å². The lowest BCUT2D eigenvalue weighted by Gasteiger charge is -2.07. The molecule has 6 nitrogen and oxygen atoms in total. The fourth-order valence-corrected chi connectivity index (χ4v) is 5.04. The van der Waals surface area contributed by atoms with Crippen LogP contribution in [-0.4, -0.2) is 13.3 Å². The Bertz CT molecular complexity index is 800. The van der Waals surface area contributed by atoms with E-state index in [0.717, 1.165) is 26.8 Å². The second-order valence-electron chi connectivity index (χ2n) is 4.05. The Labute approximate surface area is 138 Å². The molecule has 2 aromatic rings. The van der Waals surface area contributed by atoms with E-state index in [1.807, 2.05) is 0 Å².